The molecule has 0 bridgehead atoms. The van der Waals surface area contributed by atoms with Gasteiger partial charge in [-0.2, -0.15) is 4.31 Å². The Kier molecular flexibility index (Phi) is 6.36. The molecule has 2 aromatic carbocycles. The molecule has 6 nitrogen and oxygen atoms in total. The fraction of sp³-hybridized carbons (Fsp3) is 0.409. The smallest absolute Gasteiger partial charge is 0.243 e. The Morgan fingerprint density at radius 3 is 2.40 bits per heavy atom. The van der Waals surface area contributed by atoms with Gasteiger partial charge in [0.2, 0.25) is 15.9 Å². The average molecular weight is 447 g/mol. The van der Waals surface area contributed by atoms with Crippen LogP contribution in [0.25, 0.3) is 0 Å². The largest absolute Gasteiger partial charge is 0.497 e. The Morgan fingerprint density at radius 1 is 1.00 bits per heavy atom. The maximum Gasteiger partial charge on any atom is 0.243 e. The number of nitrogens with zero attached hydrogens (tertiary/aromatic N) is 2. The molecule has 0 saturated carbocycles. The topological polar surface area (TPSA) is 66.9 Å². The van der Waals surface area contributed by atoms with Gasteiger partial charge in [0.25, 0.3) is 0 Å². The Bertz CT molecular complexity index is 1010. The van der Waals surface area contributed by atoms with Crippen LogP contribution in [-0.2, 0) is 27.7 Å². The normalized spacial score (nSPS) is 17.0. The number of fused-ring (bicyclic) bond motifs is 1. The van der Waals surface area contributed by atoms with Gasteiger partial charge in [-0.25, -0.2) is 8.42 Å². The van der Waals surface area contributed by atoms with Crippen LogP contribution in [0.5, 0.6) is 5.75 Å². The molecule has 30 heavy (non-hydrogen) atoms. The molecule has 0 aromatic heterocycles. The predicted molar refractivity (Wildman–Crippen MR) is 118 cm³/mol. The van der Waals surface area contributed by atoms with Crippen LogP contribution in [0.3, 0.4) is 0 Å². The van der Waals surface area contributed by atoms with Gasteiger partial charge in [-0.05, 0) is 66.8 Å². The number of methoxy groups -OCH3 is 1. The number of thioether (sulfide) groups is 1. The van der Waals surface area contributed by atoms with E-state index < -0.39 is 10.0 Å². The minimum Gasteiger partial charge on any atom is -0.497 e. The maximum absolute atomic E-state index is 12.8. The summed E-state index contributed by atoms with van der Waals surface area (Å²) in [6.07, 6.45) is 3.50. The van der Waals surface area contributed by atoms with Crippen molar-refractivity contribution in [3.8, 4) is 5.75 Å². The Morgan fingerprint density at radius 2 is 1.70 bits per heavy atom. The highest BCUT2D eigenvalue weighted by Gasteiger charge is 2.30. The zero-order valence-electron chi connectivity index (χ0n) is 17.0. The Hall–Kier alpha value is -2.03. The fourth-order valence-electron chi connectivity index (χ4n) is 3.95. The molecular weight excluding hydrogens is 420 g/mol. The van der Waals surface area contributed by atoms with Gasteiger partial charge < -0.3 is 9.64 Å². The number of carbonyl (C=O) groups excluding carboxylic acids is 1. The van der Waals surface area contributed by atoms with Crippen molar-refractivity contribution in [1.29, 1.82) is 0 Å². The van der Waals surface area contributed by atoms with Crippen molar-refractivity contribution in [1.82, 2.24) is 9.21 Å². The molecule has 0 spiro atoms. The highest BCUT2D eigenvalue weighted by atomic mass is 32.2. The molecule has 1 aliphatic heterocycles. The number of rotatable bonds is 6. The first-order valence-corrected chi connectivity index (χ1v) is 12.6. The van der Waals surface area contributed by atoms with E-state index in [9.17, 15) is 13.2 Å². The summed E-state index contributed by atoms with van der Waals surface area (Å²) in [5, 5.41) is 0. The fourth-order valence-corrected chi connectivity index (χ4v) is 6.23. The quantitative estimate of drug-likeness (QED) is 0.639. The molecule has 1 heterocycles. The summed E-state index contributed by atoms with van der Waals surface area (Å²) in [6.45, 7) is 1.45. The van der Waals surface area contributed by atoms with Crippen LogP contribution >= 0.6 is 11.8 Å². The van der Waals surface area contributed by atoms with Crippen molar-refractivity contribution < 1.29 is 17.9 Å². The van der Waals surface area contributed by atoms with Gasteiger partial charge in [0, 0.05) is 31.1 Å². The highest BCUT2D eigenvalue weighted by molar-refractivity contribution is 8.00. The number of sulfonamides is 1. The number of hydrogen-bond acceptors (Lipinski definition) is 5. The zero-order chi connectivity index (χ0) is 21.1. The molecule has 2 aliphatic rings. The molecular formula is C22H26N2O4S2. The van der Waals surface area contributed by atoms with Gasteiger partial charge in [-0.1, -0.05) is 6.07 Å². The van der Waals surface area contributed by atoms with Crippen molar-refractivity contribution in [2.24, 2.45) is 0 Å². The van der Waals surface area contributed by atoms with Gasteiger partial charge in [0.05, 0.1) is 17.8 Å². The van der Waals surface area contributed by atoms with Crippen LogP contribution < -0.4 is 4.74 Å². The maximum atomic E-state index is 12.8. The number of piperazine rings is 1. The van der Waals surface area contributed by atoms with Crippen LogP contribution in [0.15, 0.2) is 52.3 Å². The summed E-state index contributed by atoms with van der Waals surface area (Å²) in [6, 6.07) is 12.9. The standard InChI is InChI=1S/C22H26N2O4S2/c1-28-19-6-9-21(10-7-19)30(26,27)24-13-11-23(12-14-24)22(25)16-29-20-8-5-17-3-2-4-18(17)15-20/h5-10,15H,2-4,11-14,16H2,1H3. The lowest BCUT2D eigenvalue weighted by atomic mass is 10.1. The third-order valence-corrected chi connectivity index (χ3v) is 8.61. The second-order valence-corrected chi connectivity index (χ2v) is 10.5. The lowest BCUT2D eigenvalue weighted by Crippen LogP contribution is -2.50. The van der Waals surface area contributed by atoms with Gasteiger partial charge in [0.15, 0.2) is 0 Å². The molecule has 1 fully saturated rings. The van der Waals surface area contributed by atoms with E-state index in [-0.39, 0.29) is 10.8 Å². The molecule has 1 amide bonds. The van der Waals surface area contributed by atoms with E-state index in [1.807, 2.05) is 0 Å². The summed E-state index contributed by atoms with van der Waals surface area (Å²) >= 11 is 1.56. The molecule has 4 rings (SSSR count). The third kappa shape index (κ3) is 4.50. The number of aryl methyl sites for hydroxylation is 2. The van der Waals surface area contributed by atoms with E-state index >= 15 is 0 Å². The van der Waals surface area contributed by atoms with E-state index in [1.165, 1.54) is 21.9 Å². The molecule has 160 valence electrons. The van der Waals surface area contributed by atoms with Gasteiger partial charge >= 0.3 is 0 Å². The van der Waals surface area contributed by atoms with Crippen LogP contribution in [-0.4, -0.2) is 62.6 Å². The minimum absolute atomic E-state index is 0.0574. The number of hydrogen-bond donors (Lipinski definition) is 0. The van der Waals surface area contributed by atoms with Crippen molar-refractivity contribution in [3.63, 3.8) is 0 Å². The molecule has 0 unspecified atom stereocenters. The monoisotopic (exact) mass is 446 g/mol. The van der Waals surface area contributed by atoms with Gasteiger partial charge in [-0.15, -0.1) is 11.8 Å². The van der Waals surface area contributed by atoms with E-state index in [0.717, 1.165) is 17.7 Å². The highest BCUT2D eigenvalue weighted by Crippen LogP contribution is 2.28. The van der Waals surface area contributed by atoms with Crippen LogP contribution in [0.1, 0.15) is 17.5 Å². The molecule has 0 atom stereocenters. The average Bonchev–Trinajstić information content (AvgIpc) is 3.25. The lowest BCUT2D eigenvalue weighted by Gasteiger charge is -2.34. The van der Waals surface area contributed by atoms with E-state index in [0.29, 0.717) is 37.7 Å². The van der Waals surface area contributed by atoms with Gasteiger partial charge in [0.1, 0.15) is 5.75 Å². The van der Waals surface area contributed by atoms with E-state index in [1.54, 1.807) is 48.0 Å². The van der Waals surface area contributed by atoms with Crippen LogP contribution in [0.4, 0.5) is 0 Å². The summed E-state index contributed by atoms with van der Waals surface area (Å²) in [4.78, 5) is 15.8. The third-order valence-electron chi connectivity index (χ3n) is 5.72. The van der Waals surface area contributed by atoms with Crippen LogP contribution in [0.2, 0.25) is 0 Å². The summed E-state index contributed by atoms with van der Waals surface area (Å²) < 4.78 is 32.2. The first-order valence-electron chi connectivity index (χ1n) is 10.1. The predicted octanol–water partition coefficient (Wildman–Crippen LogP) is 2.81. The second kappa shape index (κ2) is 8.99. The van der Waals surface area contributed by atoms with E-state index in [4.69, 9.17) is 4.74 Å². The van der Waals surface area contributed by atoms with Gasteiger partial charge in [-0.3, -0.25) is 4.79 Å². The number of ether oxygens (including phenoxy) is 1. The molecule has 1 saturated heterocycles. The molecule has 1 aliphatic carbocycles. The summed E-state index contributed by atoms with van der Waals surface area (Å²) in [5.74, 6) is 1.05. The van der Waals surface area contributed by atoms with Crippen molar-refractivity contribution >= 4 is 27.7 Å². The molecule has 0 N–H and O–H groups in total. The van der Waals surface area contributed by atoms with E-state index in [2.05, 4.69) is 18.2 Å². The Balaban J connectivity index is 1.30. The first-order chi connectivity index (χ1) is 14.5. The zero-order valence-corrected chi connectivity index (χ0v) is 18.7. The number of amides is 1. The molecule has 8 heteroatoms. The van der Waals surface area contributed by atoms with Crippen molar-refractivity contribution in [3.05, 3.63) is 53.6 Å². The summed E-state index contributed by atoms with van der Waals surface area (Å²) in [5.41, 5.74) is 2.84. The Labute approximate surface area is 182 Å². The second-order valence-electron chi connectivity index (χ2n) is 7.53. The molecule has 2 aromatic rings. The SMILES string of the molecule is COc1ccc(S(=O)(=O)N2CCN(C(=O)CSc3ccc4c(c3)CCC4)CC2)cc1. The summed E-state index contributed by atoms with van der Waals surface area (Å²) in [7, 11) is -2.02. The lowest BCUT2D eigenvalue weighted by molar-refractivity contribution is -0.129. The first kappa shape index (κ1) is 21.2. The minimum atomic E-state index is -3.56. The van der Waals surface area contributed by atoms with Crippen molar-refractivity contribution in [2.75, 3.05) is 39.0 Å². The van der Waals surface area contributed by atoms with Crippen molar-refractivity contribution in [2.45, 2.75) is 29.1 Å². The number of benzene rings is 2. The van der Waals surface area contributed by atoms with Crippen LogP contribution in [0, 0.1) is 0 Å². The molecule has 0 radical (unpaired) electrons. The number of carbonyl (C=O) groups is 1.